The Morgan fingerprint density at radius 2 is 1.74 bits per heavy atom. The van der Waals surface area contributed by atoms with Crippen LogP contribution in [0.25, 0.3) is 10.4 Å². The Morgan fingerprint density at radius 3 is 2.35 bits per heavy atom. The van der Waals surface area contributed by atoms with Gasteiger partial charge in [0.25, 0.3) is 0 Å². The lowest BCUT2D eigenvalue weighted by molar-refractivity contribution is 0.0734. The Bertz CT molecular complexity index is 696. The molecule has 0 heterocycles. The summed E-state index contributed by atoms with van der Waals surface area (Å²) in [4.78, 5) is 14.7. The highest BCUT2D eigenvalue weighted by atomic mass is 32.1. The molecule has 0 aliphatic rings. The zero-order valence-electron chi connectivity index (χ0n) is 12.3. The molecule has 0 aliphatic carbocycles. The molecule has 0 aliphatic heterocycles. The quantitative estimate of drug-likeness (QED) is 0.158. The van der Waals surface area contributed by atoms with Crippen LogP contribution in [0.4, 0.5) is 0 Å². The normalized spacial score (nSPS) is 9.78. The Labute approximate surface area is 139 Å². The highest BCUT2D eigenvalue weighted by molar-refractivity contribution is 7.79. The second-order valence-electron chi connectivity index (χ2n) is 4.52. The Morgan fingerprint density at radius 1 is 1.09 bits per heavy atom. The number of benzene rings is 2. The molecule has 0 bridgehead atoms. The molecule has 0 saturated carbocycles. The first-order chi connectivity index (χ1) is 11.2. The Kier molecular flexibility index (Phi) is 6.35. The van der Waals surface area contributed by atoms with Crippen LogP contribution in [0.3, 0.4) is 0 Å². The predicted octanol–water partition coefficient (Wildman–Crippen LogP) is 4.02. The van der Waals surface area contributed by atoms with Gasteiger partial charge in [0.05, 0.1) is 18.7 Å². The van der Waals surface area contributed by atoms with Crippen molar-refractivity contribution in [3.63, 3.8) is 0 Å². The molecule has 118 valence electrons. The molecule has 0 unspecified atom stereocenters. The number of esters is 1. The van der Waals surface area contributed by atoms with Gasteiger partial charge < -0.3 is 9.47 Å². The van der Waals surface area contributed by atoms with Crippen LogP contribution in [0.1, 0.15) is 15.9 Å². The minimum absolute atomic E-state index is 0.253. The number of rotatable bonds is 7. The van der Waals surface area contributed by atoms with E-state index in [2.05, 4.69) is 22.7 Å². The molecule has 0 atom stereocenters. The summed E-state index contributed by atoms with van der Waals surface area (Å²) in [6.07, 6.45) is 0. The summed E-state index contributed by atoms with van der Waals surface area (Å²) in [6.45, 7) is 0.536. The van der Waals surface area contributed by atoms with Crippen LogP contribution in [0.15, 0.2) is 53.6 Å². The van der Waals surface area contributed by atoms with Gasteiger partial charge in [-0.2, -0.15) is 12.6 Å². The highest BCUT2D eigenvalue weighted by Gasteiger charge is 2.08. The number of thiol groups is 1. The van der Waals surface area contributed by atoms with Crippen molar-refractivity contribution in [3.8, 4) is 11.5 Å². The van der Waals surface area contributed by atoms with E-state index >= 15 is 0 Å². The van der Waals surface area contributed by atoms with Gasteiger partial charge in [0.2, 0.25) is 0 Å². The van der Waals surface area contributed by atoms with E-state index in [0.717, 1.165) is 5.56 Å². The second kappa shape index (κ2) is 8.73. The first-order valence-electron chi connectivity index (χ1n) is 6.88. The minimum atomic E-state index is -0.441. The van der Waals surface area contributed by atoms with E-state index in [1.165, 1.54) is 0 Å². The van der Waals surface area contributed by atoms with Crippen molar-refractivity contribution in [1.82, 2.24) is 0 Å². The molecule has 6 nitrogen and oxygen atoms in total. The largest absolute Gasteiger partial charge is 0.493 e. The lowest BCUT2D eigenvalue weighted by Crippen LogP contribution is -2.08. The highest BCUT2D eigenvalue weighted by Crippen LogP contribution is 2.17. The van der Waals surface area contributed by atoms with Crippen LogP contribution in [-0.2, 0) is 5.75 Å². The third kappa shape index (κ3) is 5.25. The van der Waals surface area contributed by atoms with Gasteiger partial charge in [-0.3, -0.25) is 0 Å². The summed E-state index contributed by atoms with van der Waals surface area (Å²) >= 11 is 4.17. The van der Waals surface area contributed by atoms with Crippen LogP contribution in [-0.4, -0.2) is 19.1 Å². The van der Waals surface area contributed by atoms with Crippen molar-refractivity contribution in [1.29, 1.82) is 0 Å². The molecule has 23 heavy (non-hydrogen) atoms. The first-order valence-corrected chi connectivity index (χ1v) is 7.52. The Balaban J connectivity index is 1.92. The second-order valence-corrected chi connectivity index (χ2v) is 4.84. The van der Waals surface area contributed by atoms with Gasteiger partial charge in [-0.05, 0) is 47.5 Å². The lowest BCUT2D eigenvalue weighted by Gasteiger charge is -2.07. The van der Waals surface area contributed by atoms with Crippen molar-refractivity contribution in [2.45, 2.75) is 5.75 Å². The van der Waals surface area contributed by atoms with E-state index in [4.69, 9.17) is 15.0 Å². The number of hydrogen-bond acceptors (Lipinski definition) is 5. The minimum Gasteiger partial charge on any atom is -0.493 e. The molecule has 0 saturated heterocycles. The monoisotopic (exact) mass is 329 g/mol. The fraction of sp³-hybridized carbons (Fsp3) is 0.188. The number of nitrogens with zero attached hydrogens (tertiary/aromatic N) is 3. The summed E-state index contributed by atoms with van der Waals surface area (Å²) in [5.74, 6) is 1.27. The maximum absolute atomic E-state index is 12.0. The third-order valence-electron chi connectivity index (χ3n) is 2.93. The number of ether oxygens (including phenoxy) is 2. The number of carbonyl (C=O) groups is 1. The van der Waals surface area contributed by atoms with E-state index in [1.807, 2.05) is 12.1 Å². The van der Waals surface area contributed by atoms with Gasteiger partial charge in [-0.15, -0.1) is 0 Å². The molecule has 0 aromatic heterocycles. The van der Waals surface area contributed by atoms with E-state index in [9.17, 15) is 4.79 Å². The van der Waals surface area contributed by atoms with E-state index in [0.29, 0.717) is 22.8 Å². The molecule has 0 amide bonds. The lowest BCUT2D eigenvalue weighted by atomic mass is 10.2. The van der Waals surface area contributed by atoms with E-state index in [-0.39, 0.29) is 13.2 Å². The van der Waals surface area contributed by atoms with Gasteiger partial charge in [0.1, 0.15) is 11.5 Å². The zero-order chi connectivity index (χ0) is 16.5. The summed E-state index contributed by atoms with van der Waals surface area (Å²) < 4.78 is 10.7. The van der Waals surface area contributed by atoms with Crippen molar-refractivity contribution < 1.29 is 14.3 Å². The molecule has 0 spiro atoms. The summed E-state index contributed by atoms with van der Waals surface area (Å²) in [5, 5.41) is 3.37. The average Bonchev–Trinajstić information content (AvgIpc) is 2.60. The maximum Gasteiger partial charge on any atom is 0.343 e. The smallest absolute Gasteiger partial charge is 0.343 e. The molecule has 2 aromatic rings. The molecule has 0 fully saturated rings. The molecule has 2 rings (SSSR count). The maximum atomic E-state index is 12.0. The van der Waals surface area contributed by atoms with E-state index < -0.39 is 5.97 Å². The van der Waals surface area contributed by atoms with Crippen molar-refractivity contribution in [2.75, 3.05) is 13.2 Å². The third-order valence-corrected chi connectivity index (χ3v) is 3.29. The summed E-state index contributed by atoms with van der Waals surface area (Å²) in [7, 11) is 0. The number of azide groups is 1. The topological polar surface area (TPSA) is 84.3 Å². The standard InChI is InChI=1S/C16H15N3O3S/c17-19-18-9-10-21-14-7-3-13(4-8-14)16(20)22-15-5-1-12(11-23)2-6-15/h1-8,23H,9-11H2. The molecule has 7 heteroatoms. The van der Waals surface area contributed by atoms with Crippen LogP contribution < -0.4 is 9.47 Å². The van der Waals surface area contributed by atoms with Crippen LogP contribution in [0, 0.1) is 0 Å². The zero-order valence-corrected chi connectivity index (χ0v) is 13.1. The van der Waals surface area contributed by atoms with Crippen molar-refractivity contribution in [3.05, 3.63) is 70.1 Å². The first kappa shape index (κ1) is 16.7. The fourth-order valence-corrected chi connectivity index (χ4v) is 1.98. The van der Waals surface area contributed by atoms with Gasteiger partial charge in [-0.25, -0.2) is 4.79 Å². The van der Waals surface area contributed by atoms with Crippen molar-refractivity contribution >= 4 is 18.6 Å². The molecule has 2 aromatic carbocycles. The Hall–Kier alpha value is -2.63. The SMILES string of the molecule is [N-]=[N+]=NCCOc1ccc(C(=O)Oc2ccc(CS)cc2)cc1. The average molecular weight is 329 g/mol. The number of carbonyl (C=O) groups excluding carboxylic acids is 1. The van der Waals surface area contributed by atoms with Gasteiger partial charge >= 0.3 is 5.97 Å². The molecule has 0 radical (unpaired) electrons. The number of hydrogen-bond donors (Lipinski definition) is 1. The van der Waals surface area contributed by atoms with Gasteiger partial charge in [0.15, 0.2) is 0 Å². The van der Waals surface area contributed by atoms with Crippen LogP contribution in [0.5, 0.6) is 11.5 Å². The van der Waals surface area contributed by atoms with E-state index in [1.54, 1.807) is 36.4 Å². The van der Waals surface area contributed by atoms with Gasteiger partial charge in [0, 0.05) is 10.7 Å². The van der Waals surface area contributed by atoms with Crippen LogP contribution in [0.2, 0.25) is 0 Å². The van der Waals surface area contributed by atoms with Gasteiger partial charge in [-0.1, -0.05) is 17.2 Å². The molecular weight excluding hydrogens is 314 g/mol. The summed E-state index contributed by atoms with van der Waals surface area (Å²) in [6, 6.07) is 13.7. The summed E-state index contributed by atoms with van der Waals surface area (Å²) in [5.41, 5.74) is 9.63. The van der Waals surface area contributed by atoms with Crippen LogP contribution >= 0.6 is 12.6 Å². The molecule has 0 N–H and O–H groups in total. The fourth-order valence-electron chi connectivity index (χ4n) is 1.77. The molecular formula is C16H15N3O3S. The predicted molar refractivity (Wildman–Crippen MR) is 90.0 cm³/mol. The van der Waals surface area contributed by atoms with Crippen molar-refractivity contribution in [2.24, 2.45) is 5.11 Å².